The summed E-state index contributed by atoms with van der Waals surface area (Å²) in [6.45, 7) is 2.06. The number of ether oxygens (including phenoxy) is 1. The Kier molecular flexibility index (Phi) is 1.81. The van der Waals surface area contributed by atoms with E-state index in [1.165, 1.54) is 0 Å². The summed E-state index contributed by atoms with van der Waals surface area (Å²) in [7, 11) is 1.64. The minimum atomic E-state index is -0.589. The first-order chi connectivity index (χ1) is 6.16. The summed E-state index contributed by atoms with van der Waals surface area (Å²) in [5.74, 6) is 1.18. The first-order valence-electron chi connectivity index (χ1n) is 4.54. The standard InChI is InChI=1S/C11H14O2/c1-8-7-11(8,12)9-4-3-5-10(6-9)13-2/h3-6,8,12H,7H2,1-2H3. The van der Waals surface area contributed by atoms with Crippen LogP contribution < -0.4 is 4.74 Å². The fourth-order valence-electron chi connectivity index (χ4n) is 1.70. The number of hydrogen-bond acceptors (Lipinski definition) is 2. The second kappa shape index (κ2) is 2.74. The van der Waals surface area contributed by atoms with Gasteiger partial charge in [-0.2, -0.15) is 0 Å². The van der Waals surface area contributed by atoms with Gasteiger partial charge in [-0.3, -0.25) is 0 Å². The molecule has 70 valence electrons. The molecule has 1 aliphatic carbocycles. The highest BCUT2D eigenvalue weighted by Gasteiger charge is 2.50. The average Bonchev–Trinajstić information content (AvgIpc) is 2.77. The molecule has 2 unspecified atom stereocenters. The van der Waals surface area contributed by atoms with Crippen molar-refractivity contribution in [2.75, 3.05) is 7.11 Å². The Hall–Kier alpha value is -1.02. The van der Waals surface area contributed by atoms with E-state index in [1.54, 1.807) is 7.11 Å². The van der Waals surface area contributed by atoms with Gasteiger partial charge in [-0.1, -0.05) is 19.1 Å². The summed E-state index contributed by atoms with van der Waals surface area (Å²) in [5, 5.41) is 10.0. The van der Waals surface area contributed by atoms with Crippen LogP contribution in [0.5, 0.6) is 5.75 Å². The monoisotopic (exact) mass is 178 g/mol. The second-order valence-electron chi connectivity index (χ2n) is 3.76. The fraction of sp³-hybridized carbons (Fsp3) is 0.455. The zero-order valence-corrected chi connectivity index (χ0v) is 7.95. The van der Waals surface area contributed by atoms with Crippen LogP contribution in [0.3, 0.4) is 0 Å². The largest absolute Gasteiger partial charge is 0.497 e. The molecule has 2 atom stereocenters. The molecular weight excluding hydrogens is 164 g/mol. The Morgan fingerprint density at radius 2 is 2.23 bits per heavy atom. The summed E-state index contributed by atoms with van der Waals surface area (Å²) in [4.78, 5) is 0. The van der Waals surface area contributed by atoms with Gasteiger partial charge in [-0.25, -0.2) is 0 Å². The molecule has 1 N–H and O–H groups in total. The van der Waals surface area contributed by atoms with E-state index >= 15 is 0 Å². The summed E-state index contributed by atoms with van der Waals surface area (Å²) in [5.41, 5.74) is 0.383. The molecule has 13 heavy (non-hydrogen) atoms. The molecule has 0 heterocycles. The van der Waals surface area contributed by atoms with E-state index in [0.717, 1.165) is 17.7 Å². The Labute approximate surface area is 78.2 Å². The van der Waals surface area contributed by atoms with Crippen molar-refractivity contribution in [1.82, 2.24) is 0 Å². The first-order valence-corrected chi connectivity index (χ1v) is 4.54. The lowest BCUT2D eigenvalue weighted by Crippen LogP contribution is -2.07. The van der Waals surface area contributed by atoms with E-state index in [0.29, 0.717) is 5.92 Å². The van der Waals surface area contributed by atoms with E-state index in [4.69, 9.17) is 4.74 Å². The third-order valence-electron chi connectivity index (χ3n) is 2.84. The third kappa shape index (κ3) is 1.31. The molecule has 1 aliphatic rings. The zero-order valence-electron chi connectivity index (χ0n) is 7.95. The van der Waals surface area contributed by atoms with Crippen molar-refractivity contribution in [3.8, 4) is 5.75 Å². The molecule has 2 heteroatoms. The van der Waals surface area contributed by atoms with E-state index in [9.17, 15) is 5.11 Å². The van der Waals surface area contributed by atoms with Crippen LogP contribution in [-0.4, -0.2) is 12.2 Å². The number of methoxy groups -OCH3 is 1. The zero-order chi connectivity index (χ0) is 9.47. The first kappa shape index (κ1) is 8.57. The van der Waals surface area contributed by atoms with Gasteiger partial charge < -0.3 is 9.84 Å². The SMILES string of the molecule is COc1cccc(C2(O)CC2C)c1. The number of rotatable bonds is 2. The van der Waals surface area contributed by atoms with Crippen molar-refractivity contribution in [3.05, 3.63) is 29.8 Å². The highest BCUT2D eigenvalue weighted by Crippen LogP contribution is 2.51. The second-order valence-corrected chi connectivity index (χ2v) is 3.76. The van der Waals surface area contributed by atoms with Crippen LogP contribution in [0, 0.1) is 5.92 Å². The highest BCUT2D eigenvalue weighted by molar-refractivity contribution is 5.36. The molecule has 1 aromatic carbocycles. The summed E-state index contributed by atoms with van der Waals surface area (Å²) in [6.07, 6.45) is 0.861. The maximum Gasteiger partial charge on any atom is 0.119 e. The summed E-state index contributed by atoms with van der Waals surface area (Å²) in [6, 6.07) is 7.66. The van der Waals surface area contributed by atoms with Gasteiger partial charge in [0.05, 0.1) is 12.7 Å². The minimum absolute atomic E-state index is 0.375. The molecule has 0 aliphatic heterocycles. The van der Waals surface area contributed by atoms with Gasteiger partial charge in [0.2, 0.25) is 0 Å². The molecule has 0 amide bonds. The molecule has 1 aromatic rings. The molecular formula is C11H14O2. The van der Waals surface area contributed by atoms with Gasteiger partial charge in [0, 0.05) is 0 Å². The van der Waals surface area contributed by atoms with Crippen LogP contribution >= 0.6 is 0 Å². The number of aliphatic hydroxyl groups is 1. The van der Waals surface area contributed by atoms with Crippen LogP contribution in [0.25, 0.3) is 0 Å². The van der Waals surface area contributed by atoms with E-state index in [2.05, 4.69) is 6.92 Å². The molecule has 2 rings (SSSR count). The van der Waals surface area contributed by atoms with Gasteiger partial charge >= 0.3 is 0 Å². The van der Waals surface area contributed by atoms with Crippen molar-refractivity contribution >= 4 is 0 Å². The topological polar surface area (TPSA) is 29.5 Å². The van der Waals surface area contributed by atoms with Gasteiger partial charge in [-0.15, -0.1) is 0 Å². The number of benzene rings is 1. The highest BCUT2D eigenvalue weighted by atomic mass is 16.5. The maximum absolute atomic E-state index is 10.0. The van der Waals surface area contributed by atoms with Crippen molar-refractivity contribution in [2.24, 2.45) is 5.92 Å². The molecule has 0 radical (unpaired) electrons. The Morgan fingerprint density at radius 1 is 1.54 bits per heavy atom. The van der Waals surface area contributed by atoms with Gasteiger partial charge in [0.15, 0.2) is 0 Å². The molecule has 0 saturated heterocycles. The lowest BCUT2D eigenvalue weighted by Gasteiger charge is -2.10. The molecule has 2 nitrogen and oxygen atoms in total. The molecule has 0 bridgehead atoms. The van der Waals surface area contributed by atoms with Crippen molar-refractivity contribution in [2.45, 2.75) is 18.9 Å². The van der Waals surface area contributed by atoms with Crippen molar-refractivity contribution in [1.29, 1.82) is 0 Å². The van der Waals surface area contributed by atoms with E-state index in [-0.39, 0.29) is 0 Å². The van der Waals surface area contributed by atoms with Crippen LogP contribution in [0.15, 0.2) is 24.3 Å². The van der Waals surface area contributed by atoms with Crippen molar-refractivity contribution < 1.29 is 9.84 Å². The smallest absolute Gasteiger partial charge is 0.119 e. The van der Waals surface area contributed by atoms with Gasteiger partial charge in [-0.05, 0) is 30.0 Å². The molecule has 1 fully saturated rings. The average molecular weight is 178 g/mol. The quantitative estimate of drug-likeness (QED) is 0.749. The summed E-state index contributed by atoms with van der Waals surface area (Å²) >= 11 is 0. The third-order valence-corrected chi connectivity index (χ3v) is 2.84. The lowest BCUT2D eigenvalue weighted by atomic mass is 10.1. The summed E-state index contributed by atoms with van der Waals surface area (Å²) < 4.78 is 5.10. The van der Waals surface area contributed by atoms with Crippen LogP contribution in [0.1, 0.15) is 18.9 Å². The van der Waals surface area contributed by atoms with E-state index < -0.39 is 5.60 Å². The minimum Gasteiger partial charge on any atom is -0.497 e. The van der Waals surface area contributed by atoms with E-state index in [1.807, 2.05) is 24.3 Å². The molecule has 1 saturated carbocycles. The normalized spacial score (nSPS) is 31.5. The Balaban J connectivity index is 2.31. The van der Waals surface area contributed by atoms with Crippen LogP contribution in [0.2, 0.25) is 0 Å². The van der Waals surface area contributed by atoms with Crippen molar-refractivity contribution in [3.63, 3.8) is 0 Å². The Morgan fingerprint density at radius 3 is 2.77 bits per heavy atom. The van der Waals surface area contributed by atoms with Gasteiger partial charge in [0.25, 0.3) is 0 Å². The lowest BCUT2D eigenvalue weighted by molar-refractivity contribution is 0.134. The molecule has 0 aromatic heterocycles. The van der Waals surface area contributed by atoms with Gasteiger partial charge in [0.1, 0.15) is 5.75 Å². The van der Waals surface area contributed by atoms with Crippen LogP contribution in [0.4, 0.5) is 0 Å². The fourth-order valence-corrected chi connectivity index (χ4v) is 1.70. The molecule has 0 spiro atoms. The Bertz CT molecular complexity index is 322. The van der Waals surface area contributed by atoms with Crippen LogP contribution in [-0.2, 0) is 5.60 Å². The maximum atomic E-state index is 10.0. The predicted octanol–water partition coefficient (Wildman–Crippen LogP) is 1.92. The predicted molar refractivity (Wildman–Crippen MR) is 50.7 cm³/mol. The number of hydrogen-bond donors (Lipinski definition) is 1.